The Kier molecular flexibility index (Phi) is 1.89. The highest BCUT2D eigenvalue weighted by molar-refractivity contribution is 5.60. The molecule has 1 aliphatic rings. The third-order valence-corrected chi connectivity index (χ3v) is 2.09. The molecule has 1 aromatic carbocycles. The monoisotopic (exact) mass is 188 g/mol. The van der Waals surface area contributed by atoms with Crippen molar-refractivity contribution in [2.75, 3.05) is 7.11 Å². The molecule has 2 heteroatoms. The molecule has 0 saturated heterocycles. The SMILES string of the molecule is COc1c#cc2c(c1)OC(C)(C)C=C2. The third kappa shape index (κ3) is 1.54. The molecule has 14 heavy (non-hydrogen) atoms. The molecule has 0 spiro atoms. The van der Waals surface area contributed by atoms with Crippen molar-refractivity contribution in [2.45, 2.75) is 19.4 Å². The molecule has 0 amide bonds. The van der Waals surface area contributed by atoms with Crippen molar-refractivity contribution in [1.82, 2.24) is 0 Å². The van der Waals surface area contributed by atoms with E-state index in [1.165, 1.54) is 0 Å². The molecule has 0 N–H and O–H groups in total. The van der Waals surface area contributed by atoms with Crippen molar-refractivity contribution in [1.29, 1.82) is 0 Å². The molecule has 0 bridgehead atoms. The number of fused-ring (bicyclic) bond motifs is 1. The highest BCUT2D eigenvalue weighted by Crippen LogP contribution is 2.31. The fraction of sp³-hybridized carbons (Fsp3) is 0.333. The molecule has 1 aromatic rings. The predicted molar refractivity (Wildman–Crippen MR) is 54.4 cm³/mol. The summed E-state index contributed by atoms with van der Waals surface area (Å²) >= 11 is 0. The molecule has 1 aliphatic heterocycles. The topological polar surface area (TPSA) is 18.5 Å². The fourth-order valence-electron chi connectivity index (χ4n) is 1.34. The van der Waals surface area contributed by atoms with Crippen molar-refractivity contribution in [3.8, 4) is 11.5 Å². The second-order valence-electron chi connectivity index (χ2n) is 3.78. The zero-order valence-electron chi connectivity index (χ0n) is 8.55. The van der Waals surface area contributed by atoms with Crippen molar-refractivity contribution in [3.05, 3.63) is 29.8 Å². The Bertz CT molecular complexity index is 378. The summed E-state index contributed by atoms with van der Waals surface area (Å²) in [5.41, 5.74) is 0.665. The van der Waals surface area contributed by atoms with Gasteiger partial charge in [-0.2, -0.15) is 0 Å². The van der Waals surface area contributed by atoms with Crippen LogP contribution in [0.4, 0.5) is 0 Å². The molecule has 0 aromatic heterocycles. The van der Waals surface area contributed by atoms with Gasteiger partial charge in [0.25, 0.3) is 0 Å². The van der Waals surface area contributed by atoms with E-state index in [0.717, 1.165) is 11.3 Å². The van der Waals surface area contributed by atoms with E-state index in [1.54, 1.807) is 7.11 Å². The van der Waals surface area contributed by atoms with Crippen molar-refractivity contribution < 1.29 is 9.47 Å². The van der Waals surface area contributed by atoms with Gasteiger partial charge in [0, 0.05) is 6.07 Å². The van der Waals surface area contributed by atoms with Gasteiger partial charge < -0.3 is 9.47 Å². The Morgan fingerprint density at radius 3 is 2.86 bits per heavy atom. The van der Waals surface area contributed by atoms with Gasteiger partial charge in [-0.25, -0.2) is 0 Å². The maximum Gasteiger partial charge on any atom is 0.173 e. The maximum absolute atomic E-state index is 5.74. The molecule has 0 unspecified atom stereocenters. The van der Waals surface area contributed by atoms with Gasteiger partial charge in [-0.05, 0) is 32.1 Å². The van der Waals surface area contributed by atoms with Gasteiger partial charge in [0.1, 0.15) is 11.4 Å². The largest absolute Gasteiger partial charge is 0.488 e. The molecule has 1 heterocycles. The Hall–Kier alpha value is -1.62. The summed E-state index contributed by atoms with van der Waals surface area (Å²) in [5, 5.41) is 0. The van der Waals surface area contributed by atoms with E-state index in [1.807, 2.05) is 32.1 Å². The first-order valence-corrected chi connectivity index (χ1v) is 4.51. The molecule has 72 valence electrons. The molecule has 0 fully saturated rings. The van der Waals surface area contributed by atoms with Gasteiger partial charge in [-0.15, -0.1) is 0 Å². The lowest BCUT2D eigenvalue weighted by molar-refractivity contribution is 0.158. The van der Waals surface area contributed by atoms with E-state index < -0.39 is 0 Å². The molecular formula is C12H12O2. The highest BCUT2D eigenvalue weighted by Gasteiger charge is 2.21. The normalized spacial score (nSPS) is 16.5. The average molecular weight is 188 g/mol. The van der Waals surface area contributed by atoms with Gasteiger partial charge in [0.05, 0.1) is 12.7 Å². The summed E-state index contributed by atoms with van der Waals surface area (Å²) in [6, 6.07) is 7.71. The summed E-state index contributed by atoms with van der Waals surface area (Å²) < 4.78 is 10.8. The van der Waals surface area contributed by atoms with Crippen molar-refractivity contribution in [3.63, 3.8) is 0 Å². The first-order chi connectivity index (χ1) is 6.61. The second kappa shape index (κ2) is 2.95. The number of rotatable bonds is 1. The fourth-order valence-corrected chi connectivity index (χ4v) is 1.34. The highest BCUT2D eigenvalue weighted by atomic mass is 16.5. The number of methoxy groups -OCH3 is 1. The Morgan fingerprint density at radius 2 is 2.14 bits per heavy atom. The van der Waals surface area contributed by atoms with Crippen LogP contribution < -0.4 is 9.47 Å². The summed E-state index contributed by atoms with van der Waals surface area (Å²) in [5.74, 6) is 1.45. The van der Waals surface area contributed by atoms with Crippen molar-refractivity contribution >= 4 is 6.08 Å². The van der Waals surface area contributed by atoms with Gasteiger partial charge >= 0.3 is 0 Å². The van der Waals surface area contributed by atoms with Crippen LogP contribution in [0.2, 0.25) is 0 Å². The standard InChI is InChI=1S/C12H12O2/c1-12(2)7-6-9-4-5-10(13-3)8-11(9)14-12/h6-8H,1-3H3. The van der Waals surface area contributed by atoms with Crippen LogP contribution in [0.5, 0.6) is 11.5 Å². The van der Waals surface area contributed by atoms with Crippen LogP contribution in [0.3, 0.4) is 0 Å². The van der Waals surface area contributed by atoms with Crippen LogP contribution in [0.25, 0.3) is 6.08 Å². The number of hydrogen-bond acceptors (Lipinski definition) is 2. The maximum atomic E-state index is 5.74. The first-order valence-electron chi connectivity index (χ1n) is 4.51. The van der Waals surface area contributed by atoms with Gasteiger partial charge in [0.2, 0.25) is 0 Å². The number of ether oxygens (including phenoxy) is 2. The predicted octanol–water partition coefficient (Wildman–Crippen LogP) is 2.48. The molecular weight excluding hydrogens is 176 g/mol. The van der Waals surface area contributed by atoms with E-state index in [-0.39, 0.29) is 5.60 Å². The van der Waals surface area contributed by atoms with Crippen LogP contribution in [0.15, 0.2) is 12.1 Å². The Morgan fingerprint density at radius 1 is 1.36 bits per heavy atom. The zero-order valence-corrected chi connectivity index (χ0v) is 8.55. The lowest BCUT2D eigenvalue weighted by Gasteiger charge is -2.26. The van der Waals surface area contributed by atoms with E-state index in [2.05, 4.69) is 12.1 Å². The minimum absolute atomic E-state index is 0.257. The van der Waals surface area contributed by atoms with E-state index in [0.29, 0.717) is 5.75 Å². The molecule has 0 atom stereocenters. The number of hydrogen-bond donors (Lipinski definition) is 0. The second-order valence-corrected chi connectivity index (χ2v) is 3.78. The molecule has 0 radical (unpaired) electrons. The van der Waals surface area contributed by atoms with Crippen LogP contribution in [-0.4, -0.2) is 12.7 Å². The Balaban J connectivity index is 2.42. The van der Waals surface area contributed by atoms with Gasteiger partial charge in [-0.3, -0.25) is 0 Å². The van der Waals surface area contributed by atoms with Crippen LogP contribution in [-0.2, 0) is 0 Å². The lowest BCUT2D eigenvalue weighted by Crippen LogP contribution is -2.27. The lowest BCUT2D eigenvalue weighted by atomic mass is 10.0. The minimum Gasteiger partial charge on any atom is -0.488 e. The van der Waals surface area contributed by atoms with Gasteiger partial charge in [-0.1, -0.05) is 6.07 Å². The molecule has 0 aliphatic carbocycles. The molecule has 2 nitrogen and oxygen atoms in total. The molecule has 0 saturated carbocycles. The van der Waals surface area contributed by atoms with Gasteiger partial charge in [0.15, 0.2) is 5.75 Å². The molecule has 2 rings (SSSR count). The quantitative estimate of drug-likeness (QED) is 0.674. The Labute approximate surface area is 84.2 Å². The van der Waals surface area contributed by atoms with Crippen LogP contribution in [0.1, 0.15) is 19.4 Å². The summed E-state index contributed by atoms with van der Waals surface area (Å²) in [4.78, 5) is 0. The zero-order chi connectivity index (χ0) is 10.2. The van der Waals surface area contributed by atoms with Crippen molar-refractivity contribution in [2.24, 2.45) is 0 Å². The summed E-state index contributed by atoms with van der Waals surface area (Å²) in [7, 11) is 1.61. The summed E-state index contributed by atoms with van der Waals surface area (Å²) in [6.45, 7) is 4.02. The van der Waals surface area contributed by atoms with Crippen LogP contribution >= 0.6 is 0 Å². The van der Waals surface area contributed by atoms with E-state index in [4.69, 9.17) is 9.47 Å². The average Bonchev–Trinajstić information content (AvgIpc) is 2.15. The first kappa shape index (κ1) is 8.96. The summed E-state index contributed by atoms with van der Waals surface area (Å²) in [6.07, 6.45) is 4.00. The smallest absolute Gasteiger partial charge is 0.173 e. The third-order valence-electron chi connectivity index (χ3n) is 2.09. The van der Waals surface area contributed by atoms with E-state index >= 15 is 0 Å². The minimum atomic E-state index is -0.257. The van der Waals surface area contributed by atoms with Crippen LogP contribution in [0, 0.1) is 12.1 Å². The van der Waals surface area contributed by atoms with E-state index in [9.17, 15) is 0 Å².